The van der Waals surface area contributed by atoms with Crippen LogP contribution in [0.4, 0.5) is 8.78 Å². The Morgan fingerprint density at radius 2 is 2.06 bits per heavy atom. The van der Waals surface area contributed by atoms with Gasteiger partial charge in [-0.25, -0.2) is 8.78 Å². The molecular formula is C12H14F2O2. The summed E-state index contributed by atoms with van der Waals surface area (Å²) in [6.45, 7) is 2.06. The van der Waals surface area contributed by atoms with Gasteiger partial charge in [0.15, 0.2) is 11.6 Å². The highest BCUT2D eigenvalue weighted by Crippen LogP contribution is 2.33. The van der Waals surface area contributed by atoms with Crippen LogP contribution in [0.3, 0.4) is 0 Å². The minimum absolute atomic E-state index is 0.00435. The molecule has 0 saturated carbocycles. The van der Waals surface area contributed by atoms with Crippen molar-refractivity contribution in [3.05, 3.63) is 34.9 Å². The molecule has 2 rings (SSSR count). The molecule has 4 heteroatoms. The number of aryl methyl sites for hydroxylation is 1. The van der Waals surface area contributed by atoms with Crippen LogP contribution in [0.5, 0.6) is 0 Å². The molecular weight excluding hydrogens is 214 g/mol. The molecule has 0 amide bonds. The summed E-state index contributed by atoms with van der Waals surface area (Å²) >= 11 is 0. The lowest BCUT2D eigenvalue weighted by atomic mass is 9.87. The van der Waals surface area contributed by atoms with Crippen LogP contribution in [0.1, 0.15) is 24.0 Å². The maximum atomic E-state index is 13.7. The van der Waals surface area contributed by atoms with Crippen molar-refractivity contribution < 1.29 is 18.6 Å². The lowest BCUT2D eigenvalue weighted by molar-refractivity contribution is -0.0923. The fourth-order valence-electron chi connectivity index (χ4n) is 2.00. The summed E-state index contributed by atoms with van der Waals surface area (Å²) in [5.41, 5.74) is -1.16. The predicted molar refractivity (Wildman–Crippen MR) is 55.0 cm³/mol. The number of benzene rings is 1. The van der Waals surface area contributed by atoms with E-state index in [2.05, 4.69) is 0 Å². The van der Waals surface area contributed by atoms with Crippen LogP contribution in [-0.4, -0.2) is 18.3 Å². The Kier molecular flexibility index (Phi) is 2.95. The second-order valence-electron chi connectivity index (χ2n) is 4.25. The molecule has 1 aliphatic heterocycles. The van der Waals surface area contributed by atoms with Gasteiger partial charge in [0.05, 0.1) is 6.61 Å². The van der Waals surface area contributed by atoms with Gasteiger partial charge in [-0.15, -0.1) is 0 Å². The minimum Gasteiger partial charge on any atom is -0.383 e. The summed E-state index contributed by atoms with van der Waals surface area (Å²) in [5.74, 6) is -1.86. The van der Waals surface area contributed by atoms with E-state index in [4.69, 9.17) is 4.74 Å². The molecule has 1 saturated heterocycles. The lowest BCUT2D eigenvalue weighted by Crippen LogP contribution is -2.37. The first-order chi connectivity index (χ1) is 7.54. The molecule has 1 aromatic carbocycles. The highest BCUT2D eigenvalue weighted by atomic mass is 19.2. The van der Waals surface area contributed by atoms with Crippen molar-refractivity contribution in [2.24, 2.45) is 0 Å². The first kappa shape index (κ1) is 11.5. The van der Waals surface area contributed by atoms with Crippen molar-refractivity contribution >= 4 is 0 Å². The largest absolute Gasteiger partial charge is 0.383 e. The molecule has 1 N–H and O–H groups in total. The number of hydrogen-bond donors (Lipinski definition) is 1. The molecule has 0 spiro atoms. The monoisotopic (exact) mass is 228 g/mol. The second-order valence-corrected chi connectivity index (χ2v) is 4.25. The van der Waals surface area contributed by atoms with Crippen LogP contribution in [0.2, 0.25) is 0 Å². The third kappa shape index (κ3) is 1.83. The number of halogens is 2. The topological polar surface area (TPSA) is 29.5 Å². The Hall–Kier alpha value is -1.00. The van der Waals surface area contributed by atoms with Crippen LogP contribution in [-0.2, 0) is 10.3 Å². The molecule has 2 nitrogen and oxygen atoms in total. The zero-order valence-corrected chi connectivity index (χ0v) is 9.09. The van der Waals surface area contributed by atoms with Crippen LogP contribution in [0, 0.1) is 18.6 Å². The molecule has 1 aliphatic rings. The van der Waals surface area contributed by atoms with E-state index in [1.54, 1.807) is 0 Å². The Morgan fingerprint density at radius 3 is 2.69 bits per heavy atom. The van der Waals surface area contributed by atoms with Crippen LogP contribution < -0.4 is 0 Å². The maximum absolute atomic E-state index is 13.7. The Labute approximate surface area is 92.9 Å². The Morgan fingerprint density at radius 1 is 1.31 bits per heavy atom. The van der Waals surface area contributed by atoms with Gasteiger partial charge < -0.3 is 9.84 Å². The van der Waals surface area contributed by atoms with E-state index in [0.29, 0.717) is 19.4 Å². The third-order valence-corrected chi connectivity index (χ3v) is 3.00. The number of rotatable bonds is 1. The van der Waals surface area contributed by atoms with E-state index >= 15 is 0 Å². The molecule has 1 aromatic rings. The van der Waals surface area contributed by atoms with Gasteiger partial charge in [0.25, 0.3) is 0 Å². The van der Waals surface area contributed by atoms with Gasteiger partial charge in [0, 0.05) is 12.2 Å². The molecule has 0 bridgehead atoms. The van der Waals surface area contributed by atoms with Gasteiger partial charge in [-0.05, 0) is 25.3 Å². The molecule has 88 valence electrons. The van der Waals surface area contributed by atoms with Crippen LogP contribution >= 0.6 is 0 Å². The van der Waals surface area contributed by atoms with Crippen LogP contribution in [0.15, 0.2) is 12.1 Å². The predicted octanol–water partition coefficient (Wildman–Crippen LogP) is 2.27. The molecule has 1 unspecified atom stereocenters. The summed E-state index contributed by atoms with van der Waals surface area (Å²) in [6.07, 6.45) is 1.04. The average Bonchev–Trinajstić information content (AvgIpc) is 2.27. The smallest absolute Gasteiger partial charge is 0.165 e. The van der Waals surface area contributed by atoms with Crippen molar-refractivity contribution in [2.45, 2.75) is 25.4 Å². The van der Waals surface area contributed by atoms with Crippen molar-refractivity contribution in [3.63, 3.8) is 0 Å². The molecule has 0 aliphatic carbocycles. The summed E-state index contributed by atoms with van der Waals surface area (Å²) in [4.78, 5) is 0. The Bertz CT molecular complexity index is 398. The van der Waals surface area contributed by atoms with E-state index in [-0.39, 0.29) is 17.7 Å². The summed E-state index contributed by atoms with van der Waals surface area (Å²) in [5, 5.41) is 10.2. The van der Waals surface area contributed by atoms with E-state index in [0.717, 1.165) is 0 Å². The fraction of sp³-hybridized carbons (Fsp3) is 0.500. The van der Waals surface area contributed by atoms with Crippen molar-refractivity contribution in [1.82, 2.24) is 0 Å². The van der Waals surface area contributed by atoms with E-state index in [1.165, 1.54) is 19.1 Å². The summed E-state index contributed by atoms with van der Waals surface area (Å²) in [6, 6.07) is 2.91. The van der Waals surface area contributed by atoms with Crippen molar-refractivity contribution in [1.29, 1.82) is 0 Å². The summed E-state index contributed by atoms with van der Waals surface area (Å²) < 4.78 is 32.2. The normalized spacial score (nSPS) is 25.8. The van der Waals surface area contributed by atoms with Gasteiger partial charge in [-0.1, -0.05) is 12.1 Å². The number of ether oxygens (including phenoxy) is 1. The van der Waals surface area contributed by atoms with Gasteiger partial charge in [0.1, 0.15) is 5.60 Å². The number of aliphatic hydroxyl groups is 1. The number of hydrogen-bond acceptors (Lipinski definition) is 2. The van der Waals surface area contributed by atoms with Gasteiger partial charge >= 0.3 is 0 Å². The average molecular weight is 228 g/mol. The van der Waals surface area contributed by atoms with Gasteiger partial charge in [0.2, 0.25) is 0 Å². The molecule has 0 radical (unpaired) electrons. The van der Waals surface area contributed by atoms with Gasteiger partial charge in [-0.3, -0.25) is 0 Å². The van der Waals surface area contributed by atoms with Crippen LogP contribution in [0.25, 0.3) is 0 Å². The SMILES string of the molecule is Cc1ccc(C2(O)CCCOC2)c(F)c1F. The molecule has 0 aromatic heterocycles. The zero-order valence-electron chi connectivity index (χ0n) is 9.09. The highest BCUT2D eigenvalue weighted by molar-refractivity contribution is 5.30. The van der Waals surface area contributed by atoms with Gasteiger partial charge in [-0.2, -0.15) is 0 Å². The quantitative estimate of drug-likeness (QED) is 0.799. The second kappa shape index (κ2) is 4.11. The van der Waals surface area contributed by atoms with Crippen molar-refractivity contribution in [3.8, 4) is 0 Å². The minimum atomic E-state index is -1.39. The molecule has 1 atom stereocenters. The first-order valence-electron chi connectivity index (χ1n) is 5.30. The standard InChI is InChI=1S/C12H14F2O2/c1-8-3-4-9(11(14)10(8)13)12(15)5-2-6-16-7-12/h3-4,15H,2,5-7H2,1H3. The first-order valence-corrected chi connectivity index (χ1v) is 5.30. The lowest BCUT2D eigenvalue weighted by Gasteiger charge is -2.32. The third-order valence-electron chi connectivity index (χ3n) is 3.00. The van der Waals surface area contributed by atoms with Crippen molar-refractivity contribution in [2.75, 3.05) is 13.2 Å². The fourth-order valence-corrected chi connectivity index (χ4v) is 2.00. The summed E-state index contributed by atoms with van der Waals surface area (Å²) in [7, 11) is 0. The molecule has 16 heavy (non-hydrogen) atoms. The Balaban J connectivity index is 2.43. The molecule has 1 fully saturated rings. The highest BCUT2D eigenvalue weighted by Gasteiger charge is 2.35. The zero-order chi connectivity index (χ0) is 11.8. The van der Waals surface area contributed by atoms with E-state index in [1.807, 2.05) is 0 Å². The van der Waals surface area contributed by atoms with E-state index in [9.17, 15) is 13.9 Å². The maximum Gasteiger partial charge on any atom is 0.165 e. The molecule has 1 heterocycles. The van der Waals surface area contributed by atoms with E-state index < -0.39 is 17.2 Å².